The van der Waals surface area contributed by atoms with E-state index in [0.717, 1.165) is 90.4 Å². The molecule has 2 aliphatic rings. The molecule has 2 heterocycles. The lowest BCUT2D eigenvalue weighted by Gasteiger charge is -2.35. The summed E-state index contributed by atoms with van der Waals surface area (Å²) in [6.45, 7) is 6.30. The van der Waals surface area contributed by atoms with Gasteiger partial charge in [0.25, 0.3) is 0 Å². The van der Waals surface area contributed by atoms with Gasteiger partial charge in [-0.3, -0.25) is 0 Å². The molecule has 4 rings (SSSR count). The van der Waals surface area contributed by atoms with Gasteiger partial charge >= 0.3 is 0 Å². The van der Waals surface area contributed by atoms with Crippen LogP contribution in [0.3, 0.4) is 0 Å². The van der Waals surface area contributed by atoms with Crippen LogP contribution in [0.2, 0.25) is 5.02 Å². The number of likely N-dealkylation sites (tertiary alicyclic amines) is 1. The lowest BCUT2D eigenvalue weighted by Crippen LogP contribution is -2.27. The summed E-state index contributed by atoms with van der Waals surface area (Å²) in [6, 6.07) is 10.6. The Hall–Kier alpha value is -2.01. The van der Waals surface area contributed by atoms with E-state index in [2.05, 4.69) is 62.2 Å². The highest BCUT2D eigenvalue weighted by Crippen LogP contribution is 2.47. The van der Waals surface area contributed by atoms with Crippen molar-refractivity contribution in [3.05, 3.63) is 75.1 Å². The van der Waals surface area contributed by atoms with Gasteiger partial charge in [-0.25, -0.2) is 4.98 Å². The SMILES string of the molecule is CCc1ccc(C2CCC[C@@H](c3cccc(/C(C)=C/C(OC)=C4\CCCN(C)C4)c3Cl)C2Cl)nc1OC. The van der Waals surface area contributed by atoms with E-state index >= 15 is 0 Å². The number of allylic oxidation sites excluding steroid dienone is 2. The summed E-state index contributed by atoms with van der Waals surface area (Å²) in [7, 11) is 5.61. The highest BCUT2D eigenvalue weighted by atomic mass is 35.5. The second-order valence-electron chi connectivity index (χ2n) is 10.4. The van der Waals surface area contributed by atoms with Crippen molar-refractivity contribution in [1.82, 2.24) is 9.88 Å². The quantitative estimate of drug-likeness (QED) is 0.262. The predicted octanol–water partition coefficient (Wildman–Crippen LogP) is 7.99. The van der Waals surface area contributed by atoms with E-state index in [1.165, 1.54) is 5.57 Å². The number of pyridine rings is 1. The number of piperidine rings is 1. The maximum atomic E-state index is 7.23. The highest BCUT2D eigenvalue weighted by Gasteiger charge is 2.36. The fraction of sp³-hybridized carbons (Fsp3) is 0.516. The fourth-order valence-corrected chi connectivity index (χ4v) is 6.83. The third kappa shape index (κ3) is 6.19. The van der Waals surface area contributed by atoms with Gasteiger partial charge in [-0.15, -0.1) is 11.6 Å². The molecule has 2 fully saturated rings. The molecule has 1 aliphatic carbocycles. The lowest BCUT2D eigenvalue weighted by molar-refractivity contribution is 0.273. The summed E-state index contributed by atoms with van der Waals surface area (Å²) in [6.07, 6.45) is 8.38. The Kier molecular flexibility index (Phi) is 9.61. The Balaban J connectivity index is 1.63. The minimum Gasteiger partial charge on any atom is -0.497 e. The molecule has 1 aliphatic heterocycles. The van der Waals surface area contributed by atoms with Crippen LogP contribution in [0.5, 0.6) is 5.88 Å². The summed E-state index contributed by atoms with van der Waals surface area (Å²) in [5, 5.41) is 0.700. The number of likely N-dealkylation sites (N-methyl/N-ethyl adjacent to an activating group) is 1. The molecule has 0 N–H and O–H groups in total. The number of ether oxygens (including phenoxy) is 2. The van der Waals surface area contributed by atoms with Gasteiger partial charge in [0.15, 0.2) is 0 Å². The van der Waals surface area contributed by atoms with Crippen molar-refractivity contribution in [3.8, 4) is 5.88 Å². The number of hydrogen-bond acceptors (Lipinski definition) is 4. The number of nitrogens with zero attached hydrogens (tertiary/aromatic N) is 2. The first kappa shape index (κ1) is 28.0. The third-order valence-electron chi connectivity index (χ3n) is 7.96. The number of benzene rings is 1. The smallest absolute Gasteiger partial charge is 0.216 e. The van der Waals surface area contributed by atoms with E-state index in [1.54, 1.807) is 14.2 Å². The van der Waals surface area contributed by atoms with Crippen molar-refractivity contribution in [1.29, 1.82) is 0 Å². The van der Waals surface area contributed by atoms with Crippen LogP contribution in [0.25, 0.3) is 5.57 Å². The molecular formula is C31H40Cl2N2O2. The first-order chi connectivity index (χ1) is 17.9. The molecule has 0 amide bonds. The third-order valence-corrected chi connectivity index (χ3v) is 8.99. The fourth-order valence-electron chi connectivity index (χ4n) is 5.90. The largest absolute Gasteiger partial charge is 0.497 e. The van der Waals surface area contributed by atoms with Gasteiger partial charge in [-0.05, 0) is 87.0 Å². The van der Waals surface area contributed by atoms with Gasteiger partial charge in [0, 0.05) is 35.0 Å². The van der Waals surface area contributed by atoms with E-state index < -0.39 is 0 Å². The van der Waals surface area contributed by atoms with E-state index in [9.17, 15) is 0 Å². The molecule has 1 aromatic heterocycles. The van der Waals surface area contributed by atoms with Gasteiger partial charge in [0.05, 0.1) is 19.2 Å². The molecule has 200 valence electrons. The van der Waals surface area contributed by atoms with E-state index in [-0.39, 0.29) is 17.2 Å². The Morgan fingerprint density at radius 1 is 1.14 bits per heavy atom. The average Bonchev–Trinajstić information content (AvgIpc) is 2.91. The van der Waals surface area contributed by atoms with Crippen LogP contribution in [0, 0.1) is 0 Å². The summed E-state index contributed by atoms with van der Waals surface area (Å²) in [5.41, 5.74) is 6.73. The van der Waals surface area contributed by atoms with Crippen LogP contribution in [-0.2, 0) is 11.2 Å². The second kappa shape index (κ2) is 12.7. The Bertz CT molecular complexity index is 1160. The standard InChI is InChI=1S/C31H40Cl2N2O2/c1-6-21-15-16-27(34-31(21)37-5)26-14-8-13-25(30(26)33)24-12-7-11-23(29(24)32)20(2)18-28(36-4)22-10-9-17-35(3)19-22/h7,11-12,15-16,18,25-26,30H,6,8-10,13-14,17,19H2,1-5H3/b20-18+,28-22-/t25-,26?,30?/m0/s1. The number of aryl methyl sites for hydroxylation is 1. The van der Waals surface area contributed by atoms with Crippen molar-refractivity contribution in [3.63, 3.8) is 0 Å². The Morgan fingerprint density at radius 3 is 2.62 bits per heavy atom. The van der Waals surface area contributed by atoms with E-state index in [0.29, 0.717) is 5.88 Å². The van der Waals surface area contributed by atoms with Gasteiger partial charge in [-0.1, -0.05) is 49.2 Å². The molecule has 3 atom stereocenters. The molecule has 2 unspecified atom stereocenters. The van der Waals surface area contributed by atoms with Gasteiger partial charge in [-0.2, -0.15) is 0 Å². The van der Waals surface area contributed by atoms with Gasteiger partial charge < -0.3 is 14.4 Å². The molecule has 1 saturated carbocycles. The molecule has 0 radical (unpaired) electrons. The number of aromatic nitrogens is 1. The summed E-state index contributed by atoms with van der Waals surface area (Å²) < 4.78 is 11.4. The van der Waals surface area contributed by atoms with Crippen molar-refractivity contribution >= 4 is 28.8 Å². The molecule has 0 spiro atoms. The first-order valence-corrected chi connectivity index (χ1v) is 14.3. The number of rotatable bonds is 7. The van der Waals surface area contributed by atoms with Crippen molar-refractivity contribution in [2.75, 3.05) is 34.4 Å². The zero-order chi connectivity index (χ0) is 26.5. The predicted molar refractivity (Wildman–Crippen MR) is 155 cm³/mol. The molecule has 1 saturated heterocycles. The maximum Gasteiger partial charge on any atom is 0.216 e. The summed E-state index contributed by atoms with van der Waals surface area (Å²) in [5.74, 6) is 1.98. The van der Waals surface area contributed by atoms with E-state index in [1.807, 2.05) is 0 Å². The molecule has 2 aromatic rings. The molecular weight excluding hydrogens is 503 g/mol. The van der Waals surface area contributed by atoms with Crippen LogP contribution in [0.4, 0.5) is 0 Å². The lowest BCUT2D eigenvalue weighted by atomic mass is 9.75. The molecule has 37 heavy (non-hydrogen) atoms. The maximum absolute atomic E-state index is 7.23. The molecule has 4 nitrogen and oxygen atoms in total. The first-order valence-electron chi connectivity index (χ1n) is 13.5. The Labute approximate surface area is 232 Å². The zero-order valence-electron chi connectivity index (χ0n) is 22.8. The van der Waals surface area contributed by atoms with Crippen molar-refractivity contribution in [2.45, 2.75) is 69.6 Å². The average molecular weight is 544 g/mol. The monoisotopic (exact) mass is 542 g/mol. The minimum atomic E-state index is -0.0927. The molecule has 6 heteroatoms. The van der Waals surface area contributed by atoms with Gasteiger partial charge in [0.2, 0.25) is 5.88 Å². The minimum absolute atomic E-state index is 0.0927. The van der Waals surface area contributed by atoms with Gasteiger partial charge in [0.1, 0.15) is 5.76 Å². The van der Waals surface area contributed by atoms with Crippen LogP contribution in [-0.4, -0.2) is 49.6 Å². The number of hydrogen-bond donors (Lipinski definition) is 0. The van der Waals surface area contributed by atoms with Crippen LogP contribution < -0.4 is 4.74 Å². The van der Waals surface area contributed by atoms with E-state index in [4.69, 9.17) is 37.7 Å². The number of methoxy groups -OCH3 is 2. The molecule has 0 bridgehead atoms. The van der Waals surface area contributed by atoms with Crippen molar-refractivity contribution < 1.29 is 9.47 Å². The number of alkyl halides is 1. The van der Waals surface area contributed by atoms with Crippen LogP contribution in [0.15, 0.2) is 47.7 Å². The summed E-state index contributed by atoms with van der Waals surface area (Å²) in [4.78, 5) is 7.20. The molecule has 1 aromatic carbocycles. The van der Waals surface area contributed by atoms with Crippen LogP contribution >= 0.6 is 23.2 Å². The second-order valence-corrected chi connectivity index (χ2v) is 11.3. The van der Waals surface area contributed by atoms with Crippen molar-refractivity contribution in [2.24, 2.45) is 0 Å². The van der Waals surface area contributed by atoms with Crippen LogP contribution in [0.1, 0.15) is 80.2 Å². The zero-order valence-corrected chi connectivity index (χ0v) is 24.3. The normalized spacial score (nSPS) is 24.6. The number of halogens is 2. The topological polar surface area (TPSA) is 34.6 Å². The Morgan fingerprint density at radius 2 is 1.92 bits per heavy atom. The summed E-state index contributed by atoms with van der Waals surface area (Å²) >= 11 is 14.3. The highest BCUT2D eigenvalue weighted by molar-refractivity contribution is 6.33.